The lowest BCUT2D eigenvalue weighted by Crippen LogP contribution is -2.16. The van der Waals surface area contributed by atoms with Crippen molar-refractivity contribution in [2.75, 3.05) is 0 Å². The molecule has 0 radical (unpaired) electrons. The second-order valence-corrected chi connectivity index (χ2v) is 2.49. The molecular formula is C9H10N2O. The maximum Gasteiger partial charge on any atom is 0.146 e. The first kappa shape index (κ1) is 8.46. The average Bonchev–Trinajstić information content (AvgIpc) is 2.07. The smallest absolute Gasteiger partial charge is 0.146 e. The van der Waals surface area contributed by atoms with Gasteiger partial charge in [-0.1, -0.05) is 12.2 Å². The lowest BCUT2D eigenvalue weighted by Gasteiger charge is -2.10. The van der Waals surface area contributed by atoms with Gasteiger partial charge in [0.15, 0.2) is 0 Å². The van der Waals surface area contributed by atoms with Crippen LogP contribution in [0.25, 0.3) is 0 Å². The summed E-state index contributed by atoms with van der Waals surface area (Å²) in [6.45, 7) is 3.53. The van der Waals surface area contributed by atoms with Crippen molar-refractivity contribution in [3.8, 4) is 0 Å². The van der Waals surface area contributed by atoms with Crippen molar-refractivity contribution in [3.05, 3.63) is 36.1 Å². The normalized spacial score (nSPS) is 17.0. The first-order valence-corrected chi connectivity index (χ1v) is 3.55. The summed E-state index contributed by atoms with van der Waals surface area (Å²) >= 11 is 0. The molecule has 0 saturated heterocycles. The molecule has 0 heterocycles. The highest BCUT2D eigenvalue weighted by atomic mass is 16.3. The zero-order valence-electron chi connectivity index (χ0n) is 6.59. The lowest BCUT2D eigenvalue weighted by atomic mass is 9.99. The lowest BCUT2D eigenvalue weighted by molar-refractivity contribution is 0.437. The zero-order chi connectivity index (χ0) is 9.14. The van der Waals surface area contributed by atoms with E-state index in [-0.39, 0.29) is 17.2 Å². The van der Waals surface area contributed by atoms with Gasteiger partial charge < -0.3 is 5.11 Å². The largest absolute Gasteiger partial charge is 0.505 e. The number of allylic oxidation sites excluding steroid dienone is 5. The standard InChI is InChI=1S/C9H10N2O/c1-2-3-6-4-5-7(10)8(11)9(6)12/h2,4-5,10-12H,1,3H2. The summed E-state index contributed by atoms with van der Waals surface area (Å²) in [4.78, 5) is 0. The van der Waals surface area contributed by atoms with Crippen molar-refractivity contribution in [1.82, 2.24) is 0 Å². The molecule has 1 rings (SSSR count). The van der Waals surface area contributed by atoms with Crippen LogP contribution in [-0.2, 0) is 0 Å². The number of nitrogens with one attached hydrogen (secondary N) is 2. The Balaban J connectivity index is 3.01. The summed E-state index contributed by atoms with van der Waals surface area (Å²) < 4.78 is 0. The summed E-state index contributed by atoms with van der Waals surface area (Å²) in [5, 5.41) is 23.9. The van der Waals surface area contributed by atoms with Gasteiger partial charge >= 0.3 is 0 Å². The van der Waals surface area contributed by atoms with Crippen LogP contribution in [0.5, 0.6) is 0 Å². The minimum Gasteiger partial charge on any atom is -0.505 e. The Hall–Kier alpha value is -1.64. The summed E-state index contributed by atoms with van der Waals surface area (Å²) in [5.74, 6) is -0.109. The molecule has 0 bridgehead atoms. The summed E-state index contributed by atoms with van der Waals surface area (Å²) in [6, 6.07) is 0. The van der Waals surface area contributed by atoms with E-state index < -0.39 is 0 Å². The van der Waals surface area contributed by atoms with E-state index in [9.17, 15) is 5.11 Å². The van der Waals surface area contributed by atoms with Crippen LogP contribution in [0.4, 0.5) is 0 Å². The van der Waals surface area contributed by atoms with Gasteiger partial charge in [-0.3, -0.25) is 10.8 Å². The fourth-order valence-corrected chi connectivity index (χ4v) is 0.955. The van der Waals surface area contributed by atoms with Crippen LogP contribution in [0.15, 0.2) is 36.1 Å². The predicted octanol–water partition coefficient (Wildman–Crippen LogP) is 1.98. The third kappa shape index (κ3) is 1.34. The molecule has 1 aliphatic rings. The topological polar surface area (TPSA) is 67.9 Å². The first-order chi connectivity index (χ1) is 5.66. The highest BCUT2D eigenvalue weighted by Crippen LogP contribution is 2.15. The van der Waals surface area contributed by atoms with Gasteiger partial charge in [0.05, 0.1) is 5.71 Å². The van der Waals surface area contributed by atoms with E-state index in [4.69, 9.17) is 10.8 Å². The average molecular weight is 162 g/mol. The van der Waals surface area contributed by atoms with Gasteiger partial charge in [-0.2, -0.15) is 0 Å². The number of rotatable bonds is 2. The summed E-state index contributed by atoms with van der Waals surface area (Å²) in [5.41, 5.74) is 0.570. The highest BCUT2D eigenvalue weighted by molar-refractivity contribution is 6.50. The van der Waals surface area contributed by atoms with Crippen LogP contribution < -0.4 is 0 Å². The molecular weight excluding hydrogens is 152 g/mol. The second-order valence-electron chi connectivity index (χ2n) is 2.49. The van der Waals surface area contributed by atoms with Crippen molar-refractivity contribution in [2.24, 2.45) is 0 Å². The molecule has 1 aliphatic carbocycles. The van der Waals surface area contributed by atoms with Crippen LogP contribution in [-0.4, -0.2) is 16.5 Å². The molecule has 0 saturated carbocycles. The Bertz CT molecular complexity index is 310. The van der Waals surface area contributed by atoms with Gasteiger partial charge in [0.2, 0.25) is 0 Å². The van der Waals surface area contributed by atoms with Crippen LogP contribution in [0.2, 0.25) is 0 Å². The van der Waals surface area contributed by atoms with Gasteiger partial charge in [-0.25, -0.2) is 0 Å². The molecule has 0 aromatic rings. The van der Waals surface area contributed by atoms with Gasteiger partial charge in [0, 0.05) is 5.57 Å². The predicted molar refractivity (Wildman–Crippen MR) is 49.1 cm³/mol. The van der Waals surface area contributed by atoms with Gasteiger partial charge in [-0.05, 0) is 12.5 Å². The first-order valence-electron chi connectivity index (χ1n) is 3.55. The fraction of sp³-hybridized carbons (Fsp3) is 0.111. The van der Waals surface area contributed by atoms with E-state index in [1.165, 1.54) is 6.08 Å². The Morgan fingerprint density at radius 2 is 2.08 bits per heavy atom. The van der Waals surface area contributed by atoms with Crippen molar-refractivity contribution in [1.29, 1.82) is 10.8 Å². The molecule has 0 amide bonds. The van der Waals surface area contributed by atoms with Crippen molar-refractivity contribution < 1.29 is 5.11 Å². The van der Waals surface area contributed by atoms with E-state index in [0.29, 0.717) is 12.0 Å². The highest BCUT2D eigenvalue weighted by Gasteiger charge is 2.15. The molecule has 3 N–H and O–H groups in total. The Labute approximate surface area is 70.7 Å². The number of aliphatic hydroxyl groups excluding tert-OH is 1. The molecule has 0 aromatic carbocycles. The van der Waals surface area contributed by atoms with Gasteiger partial charge in [-0.15, -0.1) is 6.58 Å². The van der Waals surface area contributed by atoms with Crippen LogP contribution >= 0.6 is 0 Å². The molecule has 0 unspecified atom stereocenters. The van der Waals surface area contributed by atoms with Crippen LogP contribution in [0.3, 0.4) is 0 Å². The van der Waals surface area contributed by atoms with Crippen molar-refractivity contribution in [3.63, 3.8) is 0 Å². The monoisotopic (exact) mass is 162 g/mol. The van der Waals surface area contributed by atoms with E-state index in [1.807, 2.05) is 0 Å². The molecule has 0 atom stereocenters. The zero-order valence-corrected chi connectivity index (χ0v) is 6.59. The molecule has 62 valence electrons. The molecule has 0 spiro atoms. The molecule has 0 aliphatic heterocycles. The fourth-order valence-electron chi connectivity index (χ4n) is 0.955. The number of hydrogen-bond acceptors (Lipinski definition) is 3. The molecule has 0 aromatic heterocycles. The van der Waals surface area contributed by atoms with Gasteiger partial charge in [0.25, 0.3) is 0 Å². The maximum atomic E-state index is 9.35. The number of aliphatic hydroxyl groups is 1. The molecule has 3 nitrogen and oxygen atoms in total. The SMILES string of the molecule is C=CCC1=C(O)C(=N)C(=N)C=C1. The van der Waals surface area contributed by atoms with E-state index in [2.05, 4.69) is 6.58 Å². The molecule has 0 fully saturated rings. The van der Waals surface area contributed by atoms with Crippen LogP contribution in [0, 0.1) is 10.8 Å². The van der Waals surface area contributed by atoms with Crippen molar-refractivity contribution >= 4 is 11.4 Å². The van der Waals surface area contributed by atoms with E-state index >= 15 is 0 Å². The second kappa shape index (κ2) is 3.17. The third-order valence-corrected chi connectivity index (χ3v) is 1.63. The van der Waals surface area contributed by atoms with Gasteiger partial charge in [0.1, 0.15) is 11.5 Å². The molecule has 12 heavy (non-hydrogen) atoms. The minimum atomic E-state index is -0.116. The summed E-state index contributed by atoms with van der Waals surface area (Å²) in [7, 11) is 0. The molecule has 3 heteroatoms. The minimum absolute atomic E-state index is 0.0420. The van der Waals surface area contributed by atoms with Crippen molar-refractivity contribution in [2.45, 2.75) is 6.42 Å². The van der Waals surface area contributed by atoms with E-state index in [1.54, 1.807) is 12.2 Å². The Kier molecular flexibility index (Phi) is 2.24. The Morgan fingerprint density at radius 3 is 2.67 bits per heavy atom. The van der Waals surface area contributed by atoms with Crippen LogP contribution in [0.1, 0.15) is 6.42 Å². The maximum absolute atomic E-state index is 9.35. The van der Waals surface area contributed by atoms with E-state index in [0.717, 1.165) is 0 Å². The summed E-state index contributed by atoms with van der Waals surface area (Å²) in [6.07, 6.45) is 5.31. The number of hydrogen-bond donors (Lipinski definition) is 3. The quantitative estimate of drug-likeness (QED) is 0.421. The third-order valence-electron chi connectivity index (χ3n) is 1.63. The Morgan fingerprint density at radius 1 is 1.42 bits per heavy atom.